The lowest BCUT2D eigenvalue weighted by Gasteiger charge is -2.21. The quantitative estimate of drug-likeness (QED) is 0.583. The lowest BCUT2D eigenvalue weighted by molar-refractivity contribution is 0.307. The van der Waals surface area contributed by atoms with Crippen LogP contribution in [0.15, 0.2) is 42.6 Å². The predicted octanol–water partition coefficient (Wildman–Crippen LogP) is 4.96. The molecule has 29 heavy (non-hydrogen) atoms. The Morgan fingerprint density at radius 1 is 1.14 bits per heavy atom. The Morgan fingerprint density at radius 3 is 2.86 bits per heavy atom. The van der Waals surface area contributed by atoms with E-state index in [0.717, 1.165) is 42.5 Å². The van der Waals surface area contributed by atoms with E-state index in [1.807, 2.05) is 25.2 Å². The first kappa shape index (κ1) is 19.1. The van der Waals surface area contributed by atoms with E-state index in [9.17, 15) is 8.78 Å². The van der Waals surface area contributed by atoms with Crippen LogP contribution in [0.2, 0.25) is 0 Å². The molecule has 0 unspecified atom stereocenters. The molecule has 0 saturated carbocycles. The second-order valence-electron chi connectivity index (χ2n) is 7.02. The molecule has 1 radical (unpaired) electrons. The highest BCUT2D eigenvalue weighted by Crippen LogP contribution is 2.33. The molecule has 3 aromatic rings. The average molecular weight is 395 g/mol. The molecule has 1 aliphatic rings. The third-order valence-corrected chi connectivity index (χ3v) is 4.76. The number of hydrogen-bond acceptors (Lipinski definition) is 5. The van der Waals surface area contributed by atoms with Gasteiger partial charge in [0.15, 0.2) is 5.82 Å². The Hall–Kier alpha value is -3.22. The van der Waals surface area contributed by atoms with Crippen LogP contribution in [-0.2, 0) is 0 Å². The van der Waals surface area contributed by atoms with Crippen LogP contribution in [-0.4, -0.2) is 30.2 Å². The van der Waals surface area contributed by atoms with Gasteiger partial charge in [0.25, 0.3) is 0 Å². The van der Waals surface area contributed by atoms with E-state index in [1.165, 1.54) is 18.2 Å². The number of rotatable bonds is 0. The van der Waals surface area contributed by atoms with E-state index in [1.54, 1.807) is 0 Å². The van der Waals surface area contributed by atoms with Crippen LogP contribution in [0.3, 0.4) is 0 Å². The van der Waals surface area contributed by atoms with E-state index in [4.69, 9.17) is 4.74 Å². The number of anilines is 3. The summed E-state index contributed by atoms with van der Waals surface area (Å²) in [6, 6.07) is 9.83. The molecular weight excluding hydrogens is 374 g/mol. The van der Waals surface area contributed by atoms with Gasteiger partial charge < -0.3 is 15.0 Å². The summed E-state index contributed by atoms with van der Waals surface area (Å²) in [7, 11) is 2.01. The number of fused-ring (bicyclic) bond motifs is 6. The molecule has 2 heterocycles. The molecule has 1 aliphatic heterocycles. The molecule has 1 N–H and O–H groups in total. The summed E-state index contributed by atoms with van der Waals surface area (Å²) in [4.78, 5) is 10.5. The summed E-state index contributed by atoms with van der Waals surface area (Å²) in [5.41, 5.74) is 3.03. The fourth-order valence-electron chi connectivity index (χ4n) is 3.29. The molecule has 1 aromatic heterocycles. The number of nitrogens with zero attached hydrogens (tertiary/aromatic N) is 3. The van der Waals surface area contributed by atoms with Gasteiger partial charge in [-0.25, -0.2) is 18.7 Å². The van der Waals surface area contributed by atoms with E-state index < -0.39 is 11.6 Å². The highest BCUT2D eigenvalue weighted by Gasteiger charge is 2.16. The highest BCUT2D eigenvalue weighted by molar-refractivity contribution is 5.70. The molecule has 0 atom stereocenters. The minimum Gasteiger partial charge on any atom is -0.493 e. The number of benzene rings is 2. The fraction of sp³-hybridized carbons (Fsp3) is 0.227. The number of nitrogens with one attached hydrogen (secondary N) is 1. The van der Waals surface area contributed by atoms with E-state index in [0.29, 0.717) is 12.2 Å². The maximum absolute atomic E-state index is 14.5. The van der Waals surface area contributed by atoms with Crippen LogP contribution in [0.5, 0.6) is 5.75 Å². The normalized spacial score (nSPS) is 14.1. The molecule has 0 fully saturated rings. The predicted molar refractivity (Wildman–Crippen MR) is 110 cm³/mol. The monoisotopic (exact) mass is 395 g/mol. The first-order valence-corrected chi connectivity index (χ1v) is 9.40. The summed E-state index contributed by atoms with van der Waals surface area (Å²) in [6.45, 7) is 5.25. The number of ether oxygens (including phenoxy) is 1. The van der Waals surface area contributed by atoms with Gasteiger partial charge in [-0.2, -0.15) is 0 Å². The summed E-state index contributed by atoms with van der Waals surface area (Å²) < 4.78 is 34.1. The molecule has 5 nitrogen and oxygen atoms in total. The summed E-state index contributed by atoms with van der Waals surface area (Å²) >= 11 is 0. The van der Waals surface area contributed by atoms with Crippen LogP contribution in [0.25, 0.3) is 11.3 Å². The van der Waals surface area contributed by atoms with Gasteiger partial charge in [0.05, 0.1) is 12.8 Å². The van der Waals surface area contributed by atoms with Gasteiger partial charge >= 0.3 is 0 Å². The van der Waals surface area contributed by atoms with Gasteiger partial charge in [-0.05, 0) is 55.7 Å². The lowest BCUT2D eigenvalue weighted by atomic mass is 10.1. The van der Waals surface area contributed by atoms with Crippen molar-refractivity contribution in [3.63, 3.8) is 0 Å². The lowest BCUT2D eigenvalue weighted by Crippen LogP contribution is -2.19. The summed E-state index contributed by atoms with van der Waals surface area (Å²) in [5, 5.41) is 3.11. The molecular formula is C22H21F2N4O. The van der Waals surface area contributed by atoms with E-state index in [-0.39, 0.29) is 17.4 Å². The molecule has 149 valence electrons. The Bertz CT molecular complexity index is 1040. The average Bonchev–Trinajstić information content (AvgIpc) is 2.68. The molecule has 7 heteroatoms. The van der Waals surface area contributed by atoms with Crippen molar-refractivity contribution in [2.24, 2.45) is 0 Å². The van der Waals surface area contributed by atoms with Crippen molar-refractivity contribution in [1.29, 1.82) is 0 Å². The van der Waals surface area contributed by atoms with Gasteiger partial charge in [-0.3, -0.25) is 0 Å². The minimum absolute atomic E-state index is 0.0514. The number of halogens is 2. The van der Waals surface area contributed by atoms with Crippen molar-refractivity contribution in [3.8, 4) is 17.0 Å². The molecule has 0 spiro atoms. The molecule has 4 rings (SSSR count). The van der Waals surface area contributed by atoms with Crippen molar-refractivity contribution in [2.75, 3.05) is 30.4 Å². The number of hydrogen-bond donors (Lipinski definition) is 1. The van der Waals surface area contributed by atoms with Gasteiger partial charge in [0, 0.05) is 36.6 Å². The molecule has 2 aromatic carbocycles. The van der Waals surface area contributed by atoms with Gasteiger partial charge in [-0.15, -0.1) is 0 Å². The molecule has 0 aliphatic carbocycles. The second kappa shape index (κ2) is 8.03. The minimum atomic E-state index is -0.609. The van der Waals surface area contributed by atoms with Gasteiger partial charge in [-0.1, -0.05) is 0 Å². The summed E-state index contributed by atoms with van der Waals surface area (Å²) in [6.07, 6.45) is 2.75. The van der Waals surface area contributed by atoms with Gasteiger partial charge in [0.2, 0.25) is 5.95 Å². The highest BCUT2D eigenvalue weighted by atomic mass is 19.1. The fourth-order valence-corrected chi connectivity index (χ4v) is 3.29. The molecule has 4 bridgehead atoms. The van der Waals surface area contributed by atoms with Crippen LogP contribution in [0, 0.1) is 18.6 Å². The van der Waals surface area contributed by atoms with Crippen molar-refractivity contribution in [3.05, 3.63) is 66.7 Å². The summed E-state index contributed by atoms with van der Waals surface area (Å²) in [5.74, 6) is -0.570. The van der Waals surface area contributed by atoms with Crippen LogP contribution in [0.4, 0.5) is 26.1 Å². The number of aromatic nitrogens is 2. The SMILES string of the molecule is [CH2]c1cc2cc(c1)N(C)CCCCOc1cc(F)ccc1-c1nc(ncc1F)N2. The first-order chi connectivity index (χ1) is 14.0. The third-order valence-electron chi connectivity index (χ3n) is 4.76. The largest absolute Gasteiger partial charge is 0.493 e. The topological polar surface area (TPSA) is 50.3 Å². The zero-order valence-electron chi connectivity index (χ0n) is 16.1. The standard InChI is InChI=1S/C22H21F2N4O/c1-14-9-16-12-17(10-14)28(2)7-3-4-8-29-20-11-15(23)5-6-18(20)21-19(24)13-25-22(26-16)27-21/h5-6,9-13H,1,3-4,7-8H2,2H3,(H,25,26,27). The van der Waals surface area contributed by atoms with E-state index in [2.05, 4.69) is 27.1 Å². The Kier molecular flexibility index (Phi) is 5.29. The zero-order valence-corrected chi connectivity index (χ0v) is 16.1. The molecule has 0 amide bonds. The first-order valence-electron chi connectivity index (χ1n) is 9.40. The zero-order chi connectivity index (χ0) is 20.4. The van der Waals surface area contributed by atoms with Crippen molar-refractivity contribution < 1.29 is 13.5 Å². The van der Waals surface area contributed by atoms with Crippen LogP contribution in [0.1, 0.15) is 18.4 Å². The van der Waals surface area contributed by atoms with Crippen LogP contribution >= 0.6 is 0 Å². The van der Waals surface area contributed by atoms with Crippen LogP contribution < -0.4 is 15.0 Å². The van der Waals surface area contributed by atoms with E-state index >= 15 is 0 Å². The second-order valence-corrected chi connectivity index (χ2v) is 7.02. The maximum Gasteiger partial charge on any atom is 0.227 e. The third kappa shape index (κ3) is 4.29. The Morgan fingerprint density at radius 2 is 2.00 bits per heavy atom. The Labute approximate surface area is 168 Å². The Balaban J connectivity index is 1.81. The maximum atomic E-state index is 14.5. The van der Waals surface area contributed by atoms with Crippen molar-refractivity contribution in [2.45, 2.75) is 12.8 Å². The van der Waals surface area contributed by atoms with Crippen molar-refractivity contribution >= 4 is 17.3 Å². The molecule has 0 saturated heterocycles. The van der Waals surface area contributed by atoms with Crippen molar-refractivity contribution in [1.82, 2.24) is 9.97 Å². The smallest absolute Gasteiger partial charge is 0.227 e. The van der Waals surface area contributed by atoms with Gasteiger partial charge in [0.1, 0.15) is 17.3 Å².